The van der Waals surface area contributed by atoms with Crippen molar-refractivity contribution in [2.75, 3.05) is 19.5 Å². The van der Waals surface area contributed by atoms with Crippen LogP contribution in [-0.4, -0.2) is 35.3 Å². The number of aromatic nitrogens is 2. The molecule has 8 nitrogen and oxygen atoms in total. The molecule has 3 heterocycles. The molecule has 1 amide bonds. The van der Waals surface area contributed by atoms with E-state index >= 15 is 0 Å². The van der Waals surface area contributed by atoms with Gasteiger partial charge in [0.15, 0.2) is 16.7 Å². The smallest absolute Gasteiger partial charge is 0.238 e. The number of carbonyl (C=O) groups excluding carboxylic acids is 1. The first-order chi connectivity index (χ1) is 16.0. The molecule has 0 saturated carbocycles. The Bertz CT molecular complexity index is 1170. The van der Waals surface area contributed by atoms with Crippen LogP contribution in [-0.2, 0) is 4.79 Å². The van der Waals surface area contributed by atoms with E-state index in [4.69, 9.17) is 29.9 Å². The largest absolute Gasteiger partial charge is 0.495 e. The van der Waals surface area contributed by atoms with Crippen LogP contribution in [0.1, 0.15) is 13.3 Å². The Balaban J connectivity index is 1.58. The topological polar surface area (TPSA) is 103 Å². The van der Waals surface area contributed by atoms with Gasteiger partial charge in [0.2, 0.25) is 5.91 Å². The molecule has 10 heteroatoms. The fourth-order valence-electron chi connectivity index (χ4n) is 3.23. The van der Waals surface area contributed by atoms with E-state index in [9.17, 15) is 4.79 Å². The number of nitrogens with zero attached hydrogens (tertiary/aromatic N) is 1. The number of methoxy groups -OCH3 is 2. The molecule has 0 radical (unpaired) electrons. The number of hydrogen-bond acceptors (Lipinski definition) is 7. The fraction of sp³-hybridized carbons (Fsp3) is 0.217. The molecule has 2 N–H and O–H groups in total. The Hall–Kier alpha value is -3.30. The number of anilines is 1. The van der Waals surface area contributed by atoms with Gasteiger partial charge in [0.05, 0.1) is 42.7 Å². The van der Waals surface area contributed by atoms with Crippen molar-refractivity contribution in [3.63, 3.8) is 0 Å². The number of aromatic amines is 1. The van der Waals surface area contributed by atoms with Crippen LogP contribution in [0.3, 0.4) is 0 Å². The van der Waals surface area contributed by atoms with E-state index in [0.717, 1.165) is 0 Å². The average Bonchev–Trinajstić information content (AvgIpc) is 3.59. The number of benzene rings is 1. The standard InChI is InChI=1S/C23H22ClN3O5S/c1-4-19(22(28)25-14-11-13(24)17(29-2)12-18(14)30-3)33-23-26-20(15-7-5-9-31-15)21(27-23)16-8-6-10-32-16/h5-12,19H,4H2,1-3H3,(H,25,28)(H,26,27). The summed E-state index contributed by atoms with van der Waals surface area (Å²) in [5.74, 6) is 1.91. The Labute approximate surface area is 199 Å². The van der Waals surface area contributed by atoms with Crippen molar-refractivity contribution < 1.29 is 23.1 Å². The van der Waals surface area contributed by atoms with Crippen LogP contribution in [0.15, 0.2) is 62.9 Å². The van der Waals surface area contributed by atoms with Crippen LogP contribution < -0.4 is 14.8 Å². The minimum absolute atomic E-state index is 0.211. The highest BCUT2D eigenvalue weighted by Crippen LogP contribution is 2.38. The predicted octanol–water partition coefficient (Wildman–Crippen LogP) is 6.11. The summed E-state index contributed by atoms with van der Waals surface area (Å²) in [6.07, 6.45) is 3.73. The molecule has 172 valence electrons. The SMILES string of the molecule is CCC(Sc1nc(-c2ccco2)c(-c2ccco2)[nH]1)C(=O)Nc1cc(Cl)c(OC)cc1OC. The van der Waals surface area contributed by atoms with E-state index in [-0.39, 0.29) is 5.91 Å². The summed E-state index contributed by atoms with van der Waals surface area (Å²) in [4.78, 5) is 21.0. The first-order valence-corrected chi connectivity index (χ1v) is 11.4. The van der Waals surface area contributed by atoms with E-state index in [1.54, 1.807) is 36.8 Å². The molecule has 0 aliphatic carbocycles. The number of ether oxygens (including phenoxy) is 2. The summed E-state index contributed by atoms with van der Waals surface area (Å²) in [5.41, 5.74) is 1.74. The van der Waals surface area contributed by atoms with Crippen LogP contribution in [0.4, 0.5) is 5.69 Å². The molecule has 4 aromatic rings. The Kier molecular flexibility index (Phi) is 7.00. The fourth-order valence-corrected chi connectivity index (χ4v) is 4.37. The molecule has 0 aliphatic rings. The van der Waals surface area contributed by atoms with Gasteiger partial charge in [-0.25, -0.2) is 4.98 Å². The quantitative estimate of drug-likeness (QED) is 0.274. The van der Waals surface area contributed by atoms with E-state index in [1.165, 1.54) is 26.0 Å². The van der Waals surface area contributed by atoms with E-state index < -0.39 is 5.25 Å². The molecule has 0 saturated heterocycles. The summed E-state index contributed by atoms with van der Waals surface area (Å²) in [7, 11) is 3.03. The summed E-state index contributed by atoms with van der Waals surface area (Å²) in [5, 5.41) is 3.39. The van der Waals surface area contributed by atoms with E-state index in [2.05, 4.69) is 15.3 Å². The highest BCUT2D eigenvalue weighted by Gasteiger charge is 2.24. The third kappa shape index (κ3) is 4.89. The number of nitrogens with one attached hydrogen (secondary N) is 2. The molecule has 0 bridgehead atoms. The molecule has 3 aromatic heterocycles. The minimum Gasteiger partial charge on any atom is -0.495 e. The summed E-state index contributed by atoms with van der Waals surface area (Å²) < 4.78 is 21.7. The normalized spacial score (nSPS) is 11.9. The van der Waals surface area contributed by atoms with Crippen molar-refractivity contribution in [1.29, 1.82) is 0 Å². The summed E-state index contributed by atoms with van der Waals surface area (Å²) >= 11 is 7.54. The number of carbonyl (C=O) groups is 1. The molecule has 0 spiro atoms. The lowest BCUT2D eigenvalue weighted by molar-refractivity contribution is -0.115. The number of rotatable bonds is 9. The Morgan fingerprint density at radius 3 is 2.45 bits per heavy atom. The number of H-pyrrole nitrogens is 1. The number of thioether (sulfide) groups is 1. The second-order valence-electron chi connectivity index (χ2n) is 6.91. The third-order valence-corrected chi connectivity index (χ3v) is 6.40. The van der Waals surface area contributed by atoms with Crippen molar-refractivity contribution in [2.45, 2.75) is 23.8 Å². The summed E-state index contributed by atoms with van der Waals surface area (Å²) in [6, 6.07) is 10.5. The molecule has 0 fully saturated rings. The average molecular weight is 488 g/mol. The maximum Gasteiger partial charge on any atom is 0.238 e. The highest BCUT2D eigenvalue weighted by molar-refractivity contribution is 8.00. The highest BCUT2D eigenvalue weighted by atomic mass is 35.5. The van der Waals surface area contributed by atoms with Crippen molar-refractivity contribution >= 4 is 35.0 Å². The van der Waals surface area contributed by atoms with Gasteiger partial charge < -0.3 is 28.6 Å². The van der Waals surface area contributed by atoms with Crippen LogP contribution in [0.25, 0.3) is 22.9 Å². The molecular weight excluding hydrogens is 466 g/mol. The Morgan fingerprint density at radius 2 is 1.85 bits per heavy atom. The Morgan fingerprint density at radius 1 is 1.15 bits per heavy atom. The van der Waals surface area contributed by atoms with Gasteiger partial charge in [-0.2, -0.15) is 0 Å². The molecule has 1 unspecified atom stereocenters. The van der Waals surface area contributed by atoms with Crippen molar-refractivity contribution in [2.24, 2.45) is 0 Å². The van der Waals surface area contributed by atoms with Crippen LogP contribution >= 0.6 is 23.4 Å². The van der Waals surface area contributed by atoms with Gasteiger partial charge >= 0.3 is 0 Å². The number of imidazole rings is 1. The monoisotopic (exact) mass is 487 g/mol. The lowest BCUT2D eigenvalue weighted by Crippen LogP contribution is -2.25. The van der Waals surface area contributed by atoms with Crippen LogP contribution in [0.2, 0.25) is 5.02 Å². The maximum absolute atomic E-state index is 13.1. The zero-order valence-corrected chi connectivity index (χ0v) is 19.8. The van der Waals surface area contributed by atoms with E-state index in [0.29, 0.717) is 56.7 Å². The molecule has 1 atom stereocenters. The first kappa shape index (κ1) is 22.9. The number of amides is 1. The van der Waals surface area contributed by atoms with Crippen molar-refractivity contribution in [3.05, 3.63) is 53.9 Å². The van der Waals surface area contributed by atoms with Gasteiger partial charge in [-0.3, -0.25) is 4.79 Å². The van der Waals surface area contributed by atoms with Gasteiger partial charge in [-0.1, -0.05) is 30.3 Å². The predicted molar refractivity (Wildman–Crippen MR) is 127 cm³/mol. The molecule has 4 rings (SSSR count). The van der Waals surface area contributed by atoms with Gasteiger partial charge in [0.25, 0.3) is 0 Å². The van der Waals surface area contributed by atoms with Gasteiger partial charge in [-0.15, -0.1) is 0 Å². The zero-order valence-electron chi connectivity index (χ0n) is 18.2. The van der Waals surface area contributed by atoms with Crippen molar-refractivity contribution in [1.82, 2.24) is 9.97 Å². The maximum atomic E-state index is 13.1. The van der Waals surface area contributed by atoms with Crippen LogP contribution in [0, 0.1) is 0 Å². The second-order valence-corrected chi connectivity index (χ2v) is 8.51. The lowest BCUT2D eigenvalue weighted by Gasteiger charge is -2.16. The molecule has 33 heavy (non-hydrogen) atoms. The zero-order chi connectivity index (χ0) is 23.4. The van der Waals surface area contributed by atoms with Crippen LogP contribution in [0.5, 0.6) is 11.5 Å². The first-order valence-electron chi connectivity index (χ1n) is 10.1. The molecular formula is C23H22ClN3O5S. The lowest BCUT2D eigenvalue weighted by atomic mass is 10.2. The molecule has 0 aliphatic heterocycles. The van der Waals surface area contributed by atoms with Gasteiger partial charge in [0, 0.05) is 6.07 Å². The number of halogens is 1. The number of furan rings is 2. The molecule has 1 aromatic carbocycles. The van der Waals surface area contributed by atoms with E-state index in [1.807, 2.05) is 19.1 Å². The third-order valence-electron chi connectivity index (χ3n) is 4.85. The number of hydrogen-bond donors (Lipinski definition) is 2. The van der Waals surface area contributed by atoms with Gasteiger partial charge in [-0.05, 0) is 36.8 Å². The van der Waals surface area contributed by atoms with Gasteiger partial charge in [0.1, 0.15) is 22.9 Å². The second kappa shape index (κ2) is 10.1. The van der Waals surface area contributed by atoms with Crippen molar-refractivity contribution in [3.8, 4) is 34.4 Å². The summed E-state index contributed by atoms with van der Waals surface area (Å²) in [6.45, 7) is 1.93. The minimum atomic E-state index is -0.435.